The van der Waals surface area contributed by atoms with Gasteiger partial charge in [0.2, 0.25) is 5.91 Å². The summed E-state index contributed by atoms with van der Waals surface area (Å²) < 4.78 is 1.41. The minimum absolute atomic E-state index is 0.00412. The summed E-state index contributed by atoms with van der Waals surface area (Å²) in [6.07, 6.45) is 5.86. The van der Waals surface area contributed by atoms with Gasteiger partial charge in [-0.05, 0) is 31.4 Å². The number of hydrogen-bond donors (Lipinski definition) is 1. The van der Waals surface area contributed by atoms with E-state index in [0.717, 1.165) is 35.3 Å². The molecule has 2 aromatic heterocycles. The smallest absolute Gasteiger partial charge is 0.262 e. The van der Waals surface area contributed by atoms with Crippen molar-refractivity contribution in [3.05, 3.63) is 52.6 Å². The van der Waals surface area contributed by atoms with E-state index in [9.17, 15) is 9.59 Å². The minimum Gasteiger partial charge on any atom is -0.352 e. The fourth-order valence-electron chi connectivity index (χ4n) is 3.38. The second-order valence-electron chi connectivity index (χ2n) is 7.24. The first-order valence-corrected chi connectivity index (χ1v) is 10.7. The van der Waals surface area contributed by atoms with E-state index >= 15 is 0 Å². The Morgan fingerprint density at radius 1 is 1.25 bits per heavy atom. The summed E-state index contributed by atoms with van der Waals surface area (Å²) in [5.41, 5.74) is 1.84. The van der Waals surface area contributed by atoms with Crippen LogP contribution in [0.2, 0.25) is 0 Å². The third-order valence-electron chi connectivity index (χ3n) is 4.92. The second-order valence-corrected chi connectivity index (χ2v) is 8.24. The van der Waals surface area contributed by atoms with Crippen molar-refractivity contribution >= 4 is 27.5 Å². The van der Waals surface area contributed by atoms with Crippen molar-refractivity contribution in [3.63, 3.8) is 0 Å². The summed E-state index contributed by atoms with van der Waals surface area (Å²) >= 11 is 1.52. The zero-order valence-electron chi connectivity index (χ0n) is 16.7. The van der Waals surface area contributed by atoms with Crippen LogP contribution in [0.3, 0.4) is 0 Å². The van der Waals surface area contributed by atoms with E-state index in [0.29, 0.717) is 10.2 Å². The largest absolute Gasteiger partial charge is 0.352 e. The zero-order valence-corrected chi connectivity index (χ0v) is 17.5. The Morgan fingerprint density at radius 3 is 2.71 bits per heavy atom. The highest BCUT2D eigenvalue weighted by Crippen LogP contribution is 2.35. The Labute approximate surface area is 169 Å². The van der Waals surface area contributed by atoms with E-state index in [1.807, 2.05) is 44.2 Å². The zero-order chi connectivity index (χ0) is 20.1. The Morgan fingerprint density at radius 2 is 2.00 bits per heavy atom. The fraction of sp³-hybridized carbons (Fsp3) is 0.409. The molecule has 148 valence electrons. The van der Waals surface area contributed by atoms with E-state index in [4.69, 9.17) is 0 Å². The van der Waals surface area contributed by atoms with Crippen molar-refractivity contribution in [1.82, 2.24) is 14.9 Å². The maximum atomic E-state index is 13.0. The van der Waals surface area contributed by atoms with Crippen LogP contribution in [0.5, 0.6) is 0 Å². The van der Waals surface area contributed by atoms with Gasteiger partial charge >= 0.3 is 0 Å². The van der Waals surface area contributed by atoms with Gasteiger partial charge in [0.1, 0.15) is 11.4 Å². The number of benzene rings is 1. The van der Waals surface area contributed by atoms with Gasteiger partial charge in [-0.3, -0.25) is 14.2 Å². The van der Waals surface area contributed by atoms with Gasteiger partial charge < -0.3 is 5.32 Å². The molecule has 0 saturated heterocycles. The van der Waals surface area contributed by atoms with Gasteiger partial charge in [-0.25, -0.2) is 4.98 Å². The number of aryl methyl sites for hydroxylation is 1. The molecule has 0 bridgehead atoms. The lowest BCUT2D eigenvalue weighted by Gasteiger charge is -2.14. The second kappa shape index (κ2) is 9.15. The number of hydrogen-bond acceptors (Lipinski definition) is 4. The minimum atomic E-state index is -0.158. The maximum absolute atomic E-state index is 13.0. The summed E-state index contributed by atoms with van der Waals surface area (Å²) in [6, 6.07) is 10.1. The molecule has 1 N–H and O–H groups in total. The Hall–Kier alpha value is -2.47. The molecule has 2 heterocycles. The molecule has 3 aromatic rings. The number of thiophene rings is 1. The highest BCUT2D eigenvalue weighted by atomic mass is 32.1. The van der Waals surface area contributed by atoms with Gasteiger partial charge in [0, 0.05) is 10.9 Å². The van der Waals surface area contributed by atoms with E-state index in [1.54, 1.807) is 0 Å². The van der Waals surface area contributed by atoms with Crippen molar-refractivity contribution in [2.45, 2.75) is 59.0 Å². The summed E-state index contributed by atoms with van der Waals surface area (Å²) in [7, 11) is 0. The molecule has 1 unspecified atom stereocenters. The van der Waals surface area contributed by atoms with Crippen molar-refractivity contribution in [2.24, 2.45) is 0 Å². The molecule has 1 aromatic carbocycles. The topological polar surface area (TPSA) is 64.0 Å². The number of nitrogens with one attached hydrogen (secondary N) is 1. The van der Waals surface area contributed by atoms with Crippen LogP contribution in [0.1, 0.15) is 45.1 Å². The highest BCUT2D eigenvalue weighted by molar-refractivity contribution is 7.22. The monoisotopic (exact) mass is 397 g/mol. The molecule has 0 saturated carbocycles. The third-order valence-corrected chi connectivity index (χ3v) is 6.16. The van der Waals surface area contributed by atoms with Crippen molar-refractivity contribution in [3.8, 4) is 10.4 Å². The molecule has 0 aliphatic rings. The van der Waals surface area contributed by atoms with Crippen LogP contribution in [-0.4, -0.2) is 21.5 Å². The predicted molar refractivity (Wildman–Crippen MR) is 116 cm³/mol. The number of amides is 1. The highest BCUT2D eigenvalue weighted by Gasteiger charge is 2.17. The van der Waals surface area contributed by atoms with Crippen molar-refractivity contribution in [2.75, 3.05) is 0 Å². The molecule has 28 heavy (non-hydrogen) atoms. The van der Waals surface area contributed by atoms with Gasteiger partial charge in [-0.1, -0.05) is 56.5 Å². The van der Waals surface area contributed by atoms with Gasteiger partial charge in [0.25, 0.3) is 5.56 Å². The maximum Gasteiger partial charge on any atom is 0.262 e. The molecule has 0 radical (unpaired) electrons. The third kappa shape index (κ3) is 4.50. The number of carbonyl (C=O) groups is 1. The average Bonchev–Trinajstić information content (AvgIpc) is 3.02. The molecule has 1 atom stereocenters. The van der Waals surface area contributed by atoms with E-state index < -0.39 is 0 Å². The van der Waals surface area contributed by atoms with E-state index in [1.165, 1.54) is 28.7 Å². The molecule has 0 aliphatic carbocycles. The van der Waals surface area contributed by atoms with Crippen molar-refractivity contribution in [1.29, 1.82) is 0 Å². The van der Waals surface area contributed by atoms with Crippen molar-refractivity contribution < 1.29 is 4.79 Å². The fourth-order valence-corrected chi connectivity index (χ4v) is 4.53. The Balaban J connectivity index is 1.80. The van der Waals surface area contributed by atoms with E-state index in [-0.39, 0.29) is 24.1 Å². The molecule has 6 heteroatoms. The van der Waals surface area contributed by atoms with Crippen LogP contribution in [-0.2, 0) is 11.3 Å². The van der Waals surface area contributed by atoms with Crippen LogP contribution in [0, 0.1) is 6.92 Å². The average molecular weight is 398 g/mol. The standard InChI is InChI=1S/C22H27N3O2S/c1-4-5-7-10-15(2)24-18(26)13-25-14-23-21-19(22(25)27)16(3)20(28-21)17-11-8-6-9-12-17/h6,8-9,11-12,14-15H,4-5,7,10,13H2,1-3H3,(H,24,26). The van der Waals surface area contributed by atoms with Crippen LogP contribution in [0.25, 0.3) is 20.7 Å². The van der Waals surface area contributed by atoms with Crippen LogP contribution in [0.15, 0.2) is 41.5 Å². The first-order chi connectivity index (χ1) is 13.5. The number of carbonyl (C=O) groups excluding carboxylic acids is 1. The lowest BCUT2D eigenvalue weighted by Crippen LogP contribution is -2.37. The van der Waals surface area contributed by atoms with Gasteiger partial charge in [0.15, 0.2) is 0 Å². The van der Waals surface area contributed by atoms with Gasteiger partial charge in [-0.15, -0.1) is 11.3 Å². The predicted octanol–water partition coefficient (Wildman–Crippen LogP) is 4.52. The first-order valence-electron chi connectivity index (χ1n) is 9.84. The normalized spacial score (nSPS) is 12.2. The Bertz CT molecular complexity index is 1010. The van der Waals surface area contributed by atoms with Crippen LogP contribution in [0.4, 0.5) is 0 Å². The molecule has 3 rings (SSSR count). The molecule has 0 spiro atoms. The van der Waals surface area contributed by atoms with Crippen LogP contribution < -0.4 is 10.9 Å². The molecular formula is C22H27N3O2S. The molecule has 1 amide bonds. The molecule has 5 nitrogen and oxygen atoms in total. The molecule has 0 aliphatic heterocycles. The number of unbranched alkanes of at least 4 members (excludes halogenated alkanes) is 2. The summed E-state index contributed by atoms with van der Waals surface area (Å²) in [6.45, 7) is 6.11. The summed E-state index contributed by atoms with van der Waals surface area (Å²) in [5, 5.41) is 3.59. The quantitative estimate of drug-likeness (QED) is 0.569. The van der Waals surface area contributed by atoms with Gasteiger partial charge in [-0.2, -0.15) is 0 Å². The van der Waals surface area contributed by atoms with Crippen LogP contribution >= 0.6 is 11.3 Å². The number of rotatable bonds is 8. The lowest BCUT2D eigenvalue weighted by atomic mass is 10.1. The molecule has 0 fully saturated rings. The van der Waals surface area contributed by atoms with E-state index in [2.05, 4.69) is 17.2 Å². The number of nitrogens with zero attached hydrogens (tertiary/aromatic N) is 2. The first kappa shape index (κ1) is 20.3. The Kier molecular flexibility index (Phi) is 6.62. The van der Waals surface area contributed by atoms with Gasteiger partial charge in [0.05, 0.1) is 11.7 Å². The lowest BCUT2D eigenvalue weighted by molar-refractivity contribution is -0.122. The SMILES string of the molecule is CCCCCC(C)NC(=O)Cn1cnc2sc(-c3ccccc3)c(C)c2c1=O. The summed E-state index contributed by atoms with van der Waals surface area (Å²) in [4.78, 5) is 31.5. The molecular weight excluding hydrogens is 370 g/mol. The summed E-state index contributed by atoms with van der Waals surface area (Å²) in [5.74, 6) is -0.150. The number of aromatic nitrogens is 2. The number of fused-ring (bicyclic) bond motifs is 1.